The molecule has 0 radical (unpaired) electrons. The molecule has 1 aliphatic heterocycles. The Labute approximate surface area is 192 Å². The van der Waals surface area contributed by atoms with Crippen LogP contribution in [0.2, 0.25) is 0 Å². The molecule has 8 heteroatoms. The first-order valence-corrected chi connectivity index (χ1v) is 11.1. The summed E-state index contributed by atoms with van der Waals surface area (Å²) in [6.45, 7) is 1.13. The fourth-order valence-electron chi connectivity index (χ4n) is 4.61. The van der Waals surface area contributed by atoms with E-state index in [1.54, 1.807) is 7.05 Å². The predicted octanol–water partition coefficient (Wildman–Crippen LogP) is 3.01. The quantitative estimate of drug-likeness (QED) is 0.669. The molecule has 8 nitrogen and oxygen atoms in total. The number of likely N-dealkylation sites (N-methyl/N-ethyl adjacent to an activating group) is 1. The molecule has 1 heterocycles. The van der Waals surface area contributed by atoms with Gasteiger partial charge in [-0.05, 0) is 35.1 Å². The number of nitrogens with one attached hydrogen (secondary N) is 1. The Morgan fingerprint density at radius 2 is 1.76 bits per heavy atom. The molecule has 2 aromatic carbocycles. The number of carbonyl (C=O) groups excluding carboxylic acids is 2. The largest absolute Gasteiger partial charge is 0.481 e. The van der Waals surface area contributed by atoms with E-state index in [-0.39, 0.29) is 18.6 Å². The Kier molecular flexibility index (Phi) is 6.93. The summed E-state index contributed by atoms with van der Waals surface area (Å²) >= 11 is 0. The lowest BCUT2D eigenvalue weighted by molar-refractivity contribution is -0.144. The van der Waals surface area contributed by atoms with Gasteiger partial charge in [-0.2, -0.15) is 0 Å². The van der Waals surface area contributed by atoms with E-state index in [0.717, 1.165) is 35.1 Å². The lowest BCUT2D eigenvalue weighted by atomic mass is 9.98. The highest BCUT2D eigenvalue weighted by Gasteiger charge is 2.33. The number of ether oxygens (including phenoxy) is 2. The van der Waals surface area contributed by atoms with E-state index in [9.17, 15) is 19.5 Å². The predicted molar refractivity (Wildman–Crippen MR) is 121 cm³/mol. The van der Waals surface area contributed by atoms with Crippen molar-refractivity contribution in [2.24, 2.45) is 0 Å². The van der Waals surface area contributed by atoms with Crippen molar-refractivity contribution < 1.29 is 29.0 Å². The average molecular weight is 453 g/mol. The maximum absolute atomic E-state index is 12.9. The van der Waals surface area contributed by atoms with E-state index in [2.05, 4.69) is 5.32 Å². The van der Waals surface area contributed by atoms with Crippen molar-refractivity contribution in [1.82, 2.24) is 10.2 Å². The molecular formula is C25H28N2O6. The van der Waals surface area contributed by atoms with Crippen LogP contribution in [0.5, 0.6) is 0 Å². The molecule has 2 aromatic rings. The van der Waals surface area contributed by atoms with Crippen LogP contribution in [0.15, 0.2) is 48.5 Å². The third-order valence-corrected chi connectivity index (χ3v) is 6.34. The van der Waals surface area contributed by atoms with E-state index in [1.807, 2.05) is 48.5 Å². The second-order valence-electron chi connectivity index (χ2n) is 8.44. The first kappa shape index (κ1) is 22.8. The molecule has 0 saturated carbocycles. The third kappa shape index (κ3) is 5.01. The van der Waals surface area contributed by atoms with Crippen LogP contribution in [-0.2, 0) is 19.1 Å². The number of fused-ring (bicyclic) bond motifs is 3. The zero-order chi connectivity index (χ0) is 23.4. The molecule has 2 aliphatic rings. The van der Waals surface area contributed by atoms with Gasteiger partial charge in [0.15, 0.2) is 0 Å². The topological polar surface area (TPSA) is 105 Å². The van der Waals surface area contributed by atoms with Crippen molar-refractivity contribution in [3.63, 3.8) is 0 Å². The molecule has 1 saturated heterocycles. The van der Waals surface area contributed by atoms with Crippen molar-refractivity contribution in [2.75, 3.05) is 26.9 Å². The molecule has 1 aliphatic carbocycles. The normalized spacial score (nSPS) is 18.0. The van der Waals surface area contributed by atoms with Gasteiger partial charge >= 0.3 is 12.1 Å². The molecule has 0 spiro atoms. The SMILES string of the molecule is CN(C(=O)C(CC(=O)O)NC(=O)OCC1c2ccccc2-c2ccccc21)C1CCCOC1. The standard InChI is InChI=1S/C25H28N2O6/c1-27(16-7-6-12-32-14-16)24(30)22(13-23(28)29)26-25(31)33-15-21-19-10-4-2-8-17(19)18-9-3-5-11-20(18)21/h2-5,8-11,16,21-22H,6-7,12-15H2,1H3,(H,26,31)(H,28,29). The minimum atomic E-state index is -1.22. The highest BCUT2D eigenvalue weighted by atomic mass is 16.5. The van der Waals surface area contributed by atoms with Crippen molar-refractivity contribution >= 4 is 18.0 Å². The molecule has 33 heavy (non-hydrogen) atoms. The monoisotopic (exact) mass is 452 g/mol. The average Bonchev–Trinajstić information content (AvgIpc) is 3.15. The summed E-state index contributed by atoms with van der Waals surface area (Å²) in [6.07, 6.45) is 0.254. The van der Waals surface area contributed by atoms with E-state index in [4.69, 9.17) is 9.47 Å². The van der Waals surface area contributed by atoms with Crippen molar-refractivity contribution in [3.8, 4) is 11.1 Å². The van der Waals surface area contributed by atoms with Crippen LogP contribution in [0.4, 0.5) is 4.79 Å². The van der Waals surface area contributed by atoms with E-state index < -0.39 is 30.4 Å². The minimum absolute atomic E-state index is 0.0835. The number of hydrogen-bond donors (Lipinski definition) is 2. The second kappa shape index (κ2) is 10.0. The van der Waals surface area contributed by atoms with Crippen LogP contribution in [0.1, 0.15) is 36.3 Å². The van der Waals surface area contributed by atoms with Crippen LogP contribution in [-0.4, -0.2) is 66.9 Å². The summed E-state index contributed by atoms with van der Waals surface area (Å²) in [6, 6.07) is 14.6. The van der Waals surface area contributed by atoms with Crippen LogP contribution < -0.4 is 5.32 Å². The highest BCUT2D eigenvalue weighted by molar-refractivity contribution is 5.89. The zero-order valence-electron chi connectivity index (χ0n) is 18.5. The van der Waals surface area contributed by atoms with Crippen molar-refractivity contribution in [3.05, 3.63) is 59.7 Å². The first-order valence-electron chi connectivity index (χ1n) is 11.1. The molecule has 0 bridgehead atoms. The molecular weight excluding hydrogens is 424 g/mol. The van der Waals surface area contributed by atoms with Gasteiger partial charge in [-0.1, -0.05) is 48.5 Å². The Morgan fingerprint density at radius 1 is 1.12 bits per heavy atom. The first-order chi connectivity index (χ1) is 16.0. The number of benzene rings is 2. The second-order valence-corrected chi connectivity index (χ2v) is 8.44. The summed E-state index contributed by atoms with van der Waals surface area (Å²) < 4.78 is 10.9. The molecule has 4 rings (SSSR count). The van der Waals surface area contributed by atoms with E-state index in [1.165, 1.54) is 4.90 Å². The van der Waals surface area contributed by atoms with Gasteiger partial charge in [-0.3, -0.25) is 9.59 Å². The van der Waals surface area contributed by atoms with Gasteiger partial charge in [0.2, 0.25) is 5.91 Å². The van der Waals surface area contributed by atoms with Gasteiger partial charge in [0.1, 0.15) is 12.6 Å². The van der Waals surface area contributed by atoms with Gasteiger partial charge in [0, 0.05) is 19.6 Å². The lowest BCUT2D eigenvalue weighted by Gasteiger charge is -2.33. The number of alkyl carbamates (subject to hydrolysis) is 1. The number of aliphatic carboxylic acids is 1. The number of carboxylic acid groups (broad SMARTS) is 1. The molecule has 0 aromatic heterocycles. The summed E-state index contributed by atoms with van der Waals surface area (Å²) in [5, 5.41) is 11.7. The number of amides is 2. The van der Waals surface area contributed by atoms with Crippen LogP contribution in [0, 0.1) is 0 Å². The summed E-state index contributed by atoms with van der Waals surface area (Å²) in [4.78, 5) is 38.4. The zero-order valence-corrected chi connectivity index (χ0v) is 18.5. The van der Waals surface area contributed by atoms with E-state index in [0.29, 0.717) is 13.2 Å². The van der Waals surface area contributed by atoms with E-state index >= 15 is 0 Å². The molecule has 1 fully saturated rings. The molecule has 174 valence electrons. The highest BCUT2D eigenvalue weighted by Crippen LogP contribution is 2.44. The Morgan fingerprint density at radius 3 is 2.33 bits per heavy atom. The number of carbonyl (C=O) groups is 3. The van der Waals surface area contributed by atoms with Crippen LogP contribution in [0.3, 0.4) is 0 Å². The molecule has 2 unspecified atom stereocenters. The van der Waals surface area contributed by atoms with Gasteiger partial charge in [-0.25, -0.2) is 4.79 Å². The maximum atomic E-state index is 12.9. The Hall–Kier alpha value is -3.39. The van der Waals surface area contributed by atoms with Gasteiger partial charge in [0.05, 0.1) is 19.1 Å². The lowest BCUT2D eigenvalue weighted by Crippen LogP contribution is -2.52. The van der Waals surface area contributed by atoms with Crippen LogP contribution >= 0.6 is 0 Å². The third-order valence-electron chi connectivity index (χ3n) is 6.34. The van der Waals surface area contributed by atoms with Gasteiger partial charge in [-0.15, -0.1) is 0 Å². The summed E-state index contributed by atoms with van der Waals surface area (Å²) in [7, 11) is 1.61. The van der Waals surface area contributed by atoms with Crippen molar-refractivity contribution in [2.45, 2.75) is 37.3 Å². The minimum Gasteiger partial charge on any atom is -0.481 e. The summed E-state index contributed by atoms with van der Waals surface area (Å²) in [5.74, 6) is -1.78. The van der Waals surface area contributed by atoms with Gasteiger partial charge < -0.3 is 24.8 Å². The molecule has 2 amide bonds. The smallest absolute Gasteiger partial charge is 0.407 e. The number of carboxylic acids is 1. The van der Waals surface area contributed by atoms with Crippen LogP contribution in [0.25, 0.3) is 11.1 Å². The maximum Gasteiger partial charge on any atom is 0.407 e. The summed E-state index contributed by atoms with van der Waals surface area (Å²) in [5.41, 5.74) is 4.36. The Bertz CT molecular complexity index is 988. The number of hydrogen-bond acceptors (Lipinski definition) is 5. The molecule has 2 atom stereocenters. The number of rotatable bonds is 7. The Balaban J connectivity index is 1.42. The fourth-order valence-corrected chi connectivity index (χ4v) is 4.61. The fraction of sp³-hybridized carbons (Fsp3) is 0.400. The van der Waals surface area contributed by atoms with Crippen molar-refractivity contribution in [1.29, 1.82) is 0 Å². The molecule has 2 N–H and O–H groups in total. The number of nitrogens with zero attached hydrogens (tertiary/aromatic N) is 1. The van der Waals surface area contributed by atoms with Gasteiger partial charge in [0.25, 0.3) is 0 Å².